The number of carbonyl (C=O) groups excluding carboxylic acids is 2. The minimum Gasteiger partial charge on any atom is -0.378 e. The van der Waals surface area contributed by atoms with Crippen LogP contribution < -0.4 is 16.0 Å². The first-order valence-electron chi connectivity index (χ1n) is 12.7. The number of aromatic nitrogens is 2. The molecule has 4 rings (SSSR count). The molecule has 0 saturated carbocycles. The van der Waals surface area contributed by atoms with Crippen molar-refractivity contribution in [1.82, 2.24) is 15.3 Å². The average molecular weight is 522 g/mol. The first kappa shape index (κ1) is 26.8. The molecule has 1 unspecified atom stereocenters. The fourth-order valence-corrected chi connectivity index (χ4v) is 5.31. The van der Waals surface area contributed by atoms with Crippen molar-refractivity contribution in [2.45, 2.75) is 31.9 Å². The zero-order valence-corrected chi connectivity index (χ0v) is 22.2. The van der Waals surface area contributed by atoms with Crippen molar-refractivity contribution in [3.63, 3.8) is 0 Å². The lowest BCUT2D eigenvalue weighted by atomic mass is 9.87. The molecule has 2 aromatic heterocycles. The normalized spacial score (nSPS) is 14.9. The molecule has 8 nitrogen and oxygen atoms in total. The van der Waals surface area contributed by atoms with Crippen molar-refractivity contribution in [2.75, 3.05) is 42.7 Å². The third kappa shape index (κ3) is 7.36. The van der Waals surface area contributed by atoms with Gasteiger partial charge in [-0.15, -0.1) is 0 Å². The van der Waals surface area contributed by atoms with Gasteiger partial charge in [0.1, 0.15) is 5.82 Å². The van der Waals surface area contributed by atoms with Crippen molar-refractivity contribution < 1.29 is 14.3 Å². The Bertz CT molecular complexity index is 1180. The van der Waals surface area contributed by atoms with Crippen LogP contribution in [0.1, 0.15) is 36.3 Å². The highest BCUT2D eigenvalue weighted by Gasteiger charge is 2.32. The largest absolute Gasteiger partial charge is 0.378 e. The highest BCUT2D eigenvalue weighted by atomic mass is 32.2. The molecule has 0 spiro atoms. The molecule has 0 radical (unpaired) electrons. The number of para-hydroxylation sites is 1. The van der Waals surface area contributed by atoms with Crippen LogP contribution in [0.5, 0.6) is 0 Å². The number of aromatic amines is 1. The van der Waals surface area contributed by atoms with Crippen LogP contribution in [0, 0.1) is 5.92 Å². The summed E-state index contributed by atoms with van der Waals surface area (Å²) in [6, 6.07) is 13.9. The molecule has 37 heavy (non-hydrogen) atoms. The Hall–Kier alpha value is -3.30. The maximum absolute atomic E-state index is 13.4. The molecule has 1 amide bonds. The number of hydrogen-bond donors (Lipinski definition) is 4. The fraction of sp³-hybridized carbons (Fsp3) is 0.393. The van der Waals surface area contributed by atoms with E-state index >= 15 is 0 Å². The Kier molecular flexibility index (Phi) is 9.62. The Morgan fingerprint density at radius 2 is 1.97 bits per heavy atom. The summed E-state index contributed by atoms with van der Waals surface area (Å²) in [4.78, 5) is 31.7. The number of thioether (sulfide) groups is 1. The molecule has 4 N–H and O–H groups in total. The van der Waals surface area contributed by atoms with Crippen LogP contribution in [0.2, 0.25) is 0 Å². The molecule has 1 aromatic carbocycles. The van der Waals surface area contributed by atoms with Crippen molar-refractivity contribution in [3.05, 3.63) is 59.9 Å². The number of pyridine rings is 1. The minimum absolute atomic E-state index is 0.185. The van der Waals surface area contributed by atoms with Crippen LogP contribution in [0.4, 0.5) is 17.2 Å². The molecule has 196 valence electrons. The smallest absolute Gasteiger partial charge is 0.207 e. The van der Waals surface area contributed by atoms with Crippen molar-refractivity contribution in [1.29, 1.82) is 0 Å². The van der Waals surface area contributed by atoms with Gasteiger partial charge >= 0.3 is 0 Å². The van der Waals surface area contributed by atoms with Crippen LogP contribution in [0.25, 0.3) is 11.3 Å². The summed E-state index contributed by atoms with van der Waals surface area (Å²) in [5.74, 6) is 2.22. The maximum Gasteiger partial charge on any atom is 0.207 e. The van der Waals surface area contributed by atoms with Crippen LogP contribution >= 0.6 is 11.8 Å². The Morgan fingerprint density at radius 1 is 1.16 bits per heavy atom. The van der Waals surface area contributed by atoms with Crippen molar-refractivity contribution >= 4 is 41.1 Å². The lowest BCUT2D eigenvalue weighted by Gasteiger charge is -2.22. The summed E-state index contributed by atoms with van der Waals surface area (Å²) >= 11 is 1.91. The predicted molar refractivity (Wildman–Crippen MR) is 151 cm³/mol. The summed E-state index contributed by atoms with van der Waals surface area (Å²) in [7, 11) is 0. The van der Waals surface area contributed by atoms with E-state index in [1.165, 1.54) is 0 Å². The van der Waals surface area contributed by atoms with Gasteiger partial charge in [-0.1, -0.05) is 32.0 Å². The molecule has 1 atom stereocenters. The number of rotatable bonds is 14. The Labute approximate surface area is 222 Å². The molecule has 0 fully saturated rings. The van der Waals surface area contributed by atoms with Crippen LogP contribution in [0.3, 0.4) is 0 Å². The van der Waals surface area contributed by atoms with Crippen LogP contribution in [-0.2, 0) is 16.0 Å². The third-order valence-corrected chi connectivity index (χ3v) is 7.44. The number of ketones is 1. The summed E-state index contributed by atoms with van der Waals surface area (Å²) < 4.78 is 5.50. The number of amides is 1. The third-order valence-electron chi connectivity index (χ3n) is 6.11. The van der Waals surface area contributed by atoms with E-state index in [-0.39, 0.29) is 5.78 Å². The number of anilines is 3. The number of Topliss-reactive ketones (excluding diaryl/α,β-unsaturated/α-hetero) is 1. The van der Waals surface area contributed by atoms with Gasteiger partial charge in [0.25, 0.3) is 0 Å². The van der Waals surface area contributed by atoms with Crippen LogP contribution in [-0.4, -0.2) is 59.5 Å². The lowest BCUT2D eigenvalue weighted by Crippen LogP contribution is -2.22. The van der Waals surface area contributed by atoms with E-state index in [1.54, 1.807) is 6.20 Å². The number of fused-ring (bicyclic) bond motifs is 1. The molecule has 0 aliphatic heterocycles. The highest BCUT2D eigenvalue weighted by molar-refractivity contribution is 7.99. The number of nitrogens with one attached hydrogen (secondary N) is 4. The summed E-state index contributed by atoms with van der Waals surface area (Å²) in [6.07, 6.45) is 3.85. The first-order valence-corrected chi connectivity index (χ1v) is 13.8. The first-order chi connectivity index (χ1) is 18.0. The number of carbonyl (C=O) groups is 2. The lowest BCUT2D eigenvalue weighted by molar-refractivity contribution is -0.109. The summed E-state index contributed by atoms with van der Waals surface area (Å²) in [5, 5.41) is 9.93. The second kappa shape index (κ2) is 13.3. The van der Waals surface area contributed by atoms with Gasteiger partial charge < -0.3 is 25.7 Å². The number of hydrogen-bond acceptors (Lipinski definition) is 7. The topological polar surface area (TPSA) is 108 Å². The zero-order valence-electron chi connectivity index (χ0n) is 21.4. The summed E-state index contributed by atoms with van der Waals surface area (Å²) in [5.41, 5.74) is 5.37. The van der Waals surface area contributed by atoms with Gasteiger partial charge in [-0.25, -0.2) is 4.98 Å². The van der Waals surface area contributed by atoms with Crippen LogP contribution in [0.15, 0.2) is 48.7 Å². The number of ether oxygens (including phenoxy) is 1. The second-order valence-corrected chi connectivity index (χ2v) is 10.9. The van der Waals surface area contributed by atoms with Crippen molar-refractivity contribution in [2.24, 2.45) is 5.92 Å². The van der Waals surface area contributed by atoms with E-state index in [2.05, 4.69) is 39.8 Å². The molecular formula is C28H35N5O3S. The quantitative estimate of drug-likeness (QED) is 0.177. The van der Waals surface area contributed by atoms with E-state index < -0.39 is 0 Å². The standard InChI is InChI=1S/C28H35N5O3S/c1-19(2)37-17-20-14-23-26(24(35)15-20)28(32-22-6-4-3-5-7-22)27(33-23)21-8-9-30-25(16-21)31-11-13-36-12-10-29-18-34/h3-9,16,18-20,32-33H,10-15,17H2,1-2H3,(H,29,34)(H,30,31). The molecule has 2 heterocycles. The Balaban J connectivity index is 1.56. The fourth-order valence-electron chi connectivity index (χ4n) is 4.42. The molecular weight excluding hydrogens is 486 g/mol. The number of nitrogens with zero attached hydrogens (tertiary/aromatic N) is 1. The second-order valence-electron chi connectivity index (χ2n) is 9.34. The van der Waals surface area contributed by atoms with E-state index in [1.807, 2.05) is 54.2 Å². The van der Waals surface area contributed by atoms with Gasteiger partial charge in [0.15, 0.2) is 5.78 Å². The molecule has 1 aliphatic rings. The number of benzene rings is 1. The monoisotopic (exact) mass is 521 g/mol. The molecule has 1 aliphatic carbocycles. The van der Waals surface area contributed by atoms with Gasteiger partial charge in [-0.3, -0.25) is 9.59 Å². The van der Waals surface area contributed by atoms with Gasteiger partial charge in [-0.2, -0.15) is 11.8 Å². The maximum atomic E-state index is 13.4. The average Bonchev–Trinajstić information content (AvgIpc) is 3.26. The van der Waals surface area contributed by atoms with E-state index in [0.717, 1.165) is 51.9 Å². The van der Waals surface area contributed by atoms with Crippen molar-refractivity contribution in [3.8, 4) is 11.3 Å². The molecule has 9 heteroatoms. The van der Waals surface area contributed by atoms with Gasteiger partial charge in [0.2, 0.25) is 6.41 Å². The highest BCUT2D eigenvalue weighted by Crippen LogP contribution is 2.41. The zero-order chi connectivity index (χ0) is 26.0. The molecule has 3 aromatic rings. The van der Waals surface area contributed by atoms with Gasteiger partial charge in [-0.05, 0) is 47.6 Å². The SMILES string of the molecule is CC(C)SCC1CC(=O)c2c([nH]c(-c3ccnc(NCCOCCNC=O)c3)c2Nc2ccccc2)C1. The van der Waals surface area contributed by atoms with Gasteiger partial charge in [0, 0.05) is 42.7 Å². The van der Waals surface area contributed by atoms with E-state index in [9.17, 15) is 9.59 Å². The predicted octanol–water partition coefficient (Wildman–Crippen LogP) is 4.88. The molecule has 0 bridgehead atoms. The Morgan fingerprint density at radius 3 is 2.76 bits per heavy atom. The molecule has 0 saturated heterocycles. The van der Waals surface area contributed by atoms with Gasteiger partial charge in [0.05, 0.1) is 30.2 Å². The summed E-state index contributed by atoms with van der Waals surface area (Å²) in [6.45, 7) is 6.42. The number of H-pyrrole nitrogens is 1. The minimum atomic E-state index is 0.185. The van der Waals surface area contributed by atoms with E-state index in [4.69, 9.17) is 4.74 Å². The van der Waals surface area contributed by atoms with E-state index in [0.29, 0.717) is 50.3 Å².